The Morgan fingerprint density at radius 3 is 2.68 bits per heavy atom. The number of aromatic nitrogens is 2. The van der Waals surface area contributed by atoms with Gasteiger partial charge in [0.15, 0.2) is 0 Å². The van der Waals surface area contributed by atoms with E-state index < -0.39 is 0 Å². The van der Waals surface area contributed by atoms with Gasteiger partial charge in [-0.2, -0.15) is 5.10 Å². The lowest BCUT2D eigenvalue weighted by atomic mass is 10.0. The molecular formula is C15H28N4. The highest BCUT2D eigenvalue weighted by Crippen LogP contribution is 2.11. The van der Waals surface area contributed by atoms with E-state index in [-0.39, 0.29) is 0 Å². The Kier molecular flexibility index (Phi) is 5.40. The standard InChI is InChI=1S/C15H28N4/c1-4-8-18-9-5-14(6-10-18)16-12-15-7-11-19(17-15)13(2)3/h7,11,13-14,16H,4-6,8-10,12H2,1-3H3. The fraction of sp³-hybridized carbons (Fsp3) is 0.800. The molecule has 2 heterocycles. The summed E-state index contributed by atoms with van der Waals surface area (Å²) in [4.78, 5) is 2.58. The van der Waals surface area contributed by atoms with Gasteiger partial charge in [0, 0.05) is 24.8 Å². The van der Waals surface area contributed by atoms with E-state index in [4.69, 9.17) is 0 Å². The highest BCUT2D eigenvalue weighted by molar-refractivity contribution is 4.99. The van der Waals surface area contributed by atoms with Gasteiger partial charge in [0.2, 0.25) is 0 Å². The molecule has 108 valence electrons. The number of likely N-dealkylation sites (tertiary alicyclic amines) is 1. The van der Waals surface area contributed by atoms with Gasteiger partial charge < -0.3 is 10.2 Å². The highest BCUT2D eigenvalue weighted by atomic mass is 15.3. The van der Waals surface area contributed by atoms with E-state index in [9.17, 15) is 0 Å². The van der Waals surface area contributed by atoms with Crippen LogP contribution in [0.25, 0.3) is 0 Å². The van der Waals surface area contributed by atoms with Gasteiger partial charge in [-0.25, -0.2) is 0 Å². The predicted octanol–water partition coefficient (Wildman–Crippen LogP) is 2.43. The summed E-state index contributed by atoms with van der Waals surface area (Å²) in [7, 11) is 0. The summed E-state index contributed by atoms with van der Waals surface area (Å²) in [5.41, 5.74) is 1.16. The van der Waals surface area contributed by atoms with Crippen LogP contribution in [-0.4, -0.2) is 40.4 Å². The summed E-state index contributed by atoms with van der Waals surface area (Å²) >= 11 is 0. The van der Waals surface area contributed by atoms with Gasteiger partial charge in [0.1, 0.15) is 0 Å². The van der Waals surface area contributed by atoms with E-state index in [2.05, 4.69) is 48.3 Å². The van der Waals surface area contributed by atoms with Crippen molar-refractivity contribution in [3.63, 3.8) is 0 Å². The zero-order valence-electron chi connectivity index (χ0n) is 12.6. The molecule has 1 fully saturated rings. The second-order valence-electron chi connectivity index (χ2n) is 5.88. The van der Waals surface area contributed by atoms with Crippen LogP contribution in [0, 0.1) is 0 Å². The number of hydrogen-bond donors (Lipinski definition) is 1. The molecule has 0 aromatic carbocycles. The van der Waals surface area contributed by atoms with Crippen molar-refractivity contribution in [1.29, 1.82) is 0 Å². The molecule has 0 bridgehead atoms. The molecule has 0 unspecified atom stereocenters. The predicted molar refractivity (Wildman–Crippen MR) is 79.2 cm³/mol. The van der Waals surface area contributed by atoms with Crippen molar-refractivity contribution in [2.75, 3.05) is 19.6 Å². The summed E-state index contributed by atoms with van der Waals surface area (Å²) in [6.45, 7) is 11.2. The molecule has 0 radical (unpaired) electrons. The highest BCUT2D eigenvalue weighted by Gasteiger charge is 2.18. The van der Waals surface area contributed by atoms with Crippen LogP contribution in [0.15, 0.2) is 12.3 Å². The van der Waals surface area contributed by atoms with Crippen LogP contribution in [0.3, 0.4) is 0 Å². The Balaban J connectivity index is 1.71. The van der Waals surface area contributed by atoms with Gasteiger partial charge >= 0.3 is 0 Å². The maximum Gasteiger partial charge on any atom is 0.0762 e. The van der Waals surface area contributed by atoms with E-state index in [1.807, 2.05) is 4.68 Å². The first kappa shape index (κ1) is 14.5. The van der Waals surface area contributed by atoms with Crippen molar-refractivity contribution in [2.24, 2.45) is 0 Å². The summed E-state index contributed by atoms with van der Waals surface area (Å²) in [5.74, 6) is 0. The molecule has 1 saturated heterocycles. The summed E-state index contributed by atoms with van der Waals surface area (Å²) in [5, 5.41) is 8.23. The average molecular weight is 264 g/mol. The molecule has 0 spiro atoms. The first-order valence-corrected chi connectivity index (χ1v) is 7.68. The molecule has 1 aliphatic rings. The quantitative estimate of drug-likeness (QED) is 0.856. The lowest BCUT2D eigenvalue weighted by Gasteiger charge is -2.32. The van der Waals surface area contributed by atoms with Crippen LogP contribution in [0.1, 0.15) is 51.8 Å². The summed E-state index contributed by atoms with van der Waals surface area (Å²) in [6, 6.07) is 3.24. The number of nitrogens with one attached hydrogen (secondary N) is 1. The molecule has 2 rings (SSSR count). The van der Waals surface area contributed by atoms with Crippen LogP contribution in [0.2, 0.25) is 0 Å². The molecule has 0 saturated carbocycles. The molecule has 0 atom stereocenters. The molecule has 1 aromatic rings. The van der Waals surface area contributed by atoms with Crippen LogP contribution >= 0.6 is 0 Å². The second kappa shape index (κ2) is 7.06. The van der Waals surface area contributed by atoms with Crippen molar-refractivity contribution in [2.45, 2.75) is 58.7 Å². The third-order valence-electron chi connectivity index (χ3n) is 3.89. The summed E-state index contributed by atoms with van der Waals surface area (Å²) in [6.07, 6.45) is 5.88. The molecule has 1 N–H and O–H groups in total. The molecular weight excluding hydrogens is 236 g/mol. The van der Waals surface area contributed by atoms with E-state index in [1.165, 1.54) is 38.9 Å². The Morgan fingerprint density at radius 1 is 1.37 bits per heavy atom. The minimum absolute atomic E-state index is 0.450. The first-order valence-electron chi connectivity index (χ1n) is 7.68. The lowest BCUT2D eigenvalue weighted by molar-refractivity contribution is 0.197. The minimum atomic E-state index is 0.450. The van der Waals surface area contributed by atoms with E-state index >= 15 is 0 Å². The summed E-state index contributed by atoms with van der Waals surface area (Å²) < 4.78 is 2.03. The van der Waals surface area contributed by atoms with Crippen LogP contribution < -0.4 is 5.32 Å². The number of hydrogen-bond acceptors (Lipinski definition) is 3. The fourth-order valence-corrected chi connectivity index (χ4v) is 2.69. The van der Waals surface area contributed by atoms with Gasteiger partial charge in [-0.15, -0.1) is 0 Å². The molecule has 1 aromatic heterocycles. The van der Waals surface area contributed by atoms with Crippen molar-refractivity contribution < 1.29 is 0 Å². The number of rotatable bonds is 6. The largest absolute Gasteiger partial charge is 0.308 e. The minimum Gasteiger partial charge on any atom is -0.308 e. The number of nitrogens with zero attached hydrogens (tertiary/aromatic N) is 3. The molecule has 4 nitrogen and oxygen atoms in total. The second-order valence-corrected chi connectivity index (χ2v) is 5.88. The maximum absolute atomic E-state index is 4.58. The topological polar surface area (TPSA) is 33.1 Å². The average Bonchev–Trinajstić information content (AvgIpc) is 2.87. The van der Waals surface area contributed by atoms with Gasteiger partial charge in [0.05, 0.1) is 5.69 Å². The van der Waals surface area contributed by atoms with Crippen molar-refractivity contribution in [1.82, 2.24) is 20.0 Å². The number of piperidine rings is 1. The maximum atomic E-state index is 4.58. The van der Waals surface area contributed by atoms with Crippen molar-refractivity contribution in [3.05, 3.63) is 18.0 Å². The van der Waals surface area contributed by atoms with E-state index in [0.717, 1.165) is 12.2 Å². The molecule has 0 amide bonds. The van der Waals surface area contributed by atoms with Gasteiger partial charge in [0.25, 0.3) is 0 Å². The SMILES string of the molecule is CCCN1CCC(NCc2ccn(C(C)C)n2)CC1. The molecule has 4 heteroatoms. The Bertz CT molecular complexity index is 364. The van der Waals surface area contributed by atoms with E-state index in [0.29, 0.717) is 12.1 Å². The fourth-order valence-electron chi connectivity index (χ4n) is 2.69. The Hall–Kier alpha value is -0.870. The van der Waals surface area contributed by atoms with Crippen LogP contribution in [0.5, 0.6) is 0 Å². The third kappa shape index (κ3) is 4.32. The van der Waals surface area contributed by atoms with Crippen LogP contribution in [-0.2, 0) is 6.54 Å². The van der Waals surface area contributed by atoms with Crippen molar-refractivity contribution in [3.8, 4) is 0 Å². The zero-order chi connectivity index (χ0) is 13.7. The van der Waals surface area contributed by atoms with Gasteiger partial charge in [-0.05, 0) is 58.8 Å². The normalized spacial score (nSPS) is 18.3. The molecule has 1 aliphatic heterocycles. The third-order valence-corrected chi connectivity index (χ3v) is 3.89. The monoisotopic (exact) mass is 264 g/mol. The van der Waals surface area contributed by atoms with Gasteiger partial charge in [-0.3, -0.25) is 4.68 Å². The van der Waals surface area contributed by atoms with Gasteiger partial charge in [-0.1, -0.05) is 6.92 Å². The van der Waals surface area contributed by atoms with Crippen LogP contribution in [0.4, 0.5) is 0 Å². The lowest BCUT2D eigenvalue weighted by Crippen LogP contribution is -2.42. The first-order chi connectivity index (χ1) is 9.19. The smallest absolute Gasteiger partial charge is 0.0762 e. The van der Waals surface area contributed by atoms with E-state index in [1.54, 1.807) is 0 Å². The van der Waals surface area contributed by atoms with Crippen molar-refractivity contribution >= 4 is 0 Å². The molecule has 19 heavy (non-hydrogen) atoms. The zero-order valence-corrected chi connectivity index (χ0v) is 12.6. The Morgan fingerprint density at radius 2 is 2.11 bits per heavy atom. The molecule has 0 aliphatic carbocycles. The Labute approximate surface area is 117 Å².